The Kier molecular flexibility index (Phi) is 7.52. The molecule has 0 spiro atoms. The van der Waals surface area contributed by atoms with E-state index in [2.05, 4.69) is 30.5 Å². The van der Waals surface area contributed by atoms with Crippen molar-refractivity contribution in [3.05, 3.63) is 66.4 Å². The molecule has 1 amide bonds. The topological polar surface area (TPSA) is 118 Å². The Morgan fingerprint density at radius 1 is 1.13 bits per heavy atom. The van der Waals surface area contributed by atoms with Crippen molar-refractivity contribution in [2.75, 3.05) is 38.1 Å². The summed E-state index contributed by atoms with van der Waals surface area (Å²) in [5, 5.41) is 11.9. The van der Waals surface area contributed by atoms with E-state index in [0.717, 1.165) is 19.0 Å². The summed E-state index contributed by atoms with van der Waals surface area (Å²) in [5.41, 5.74) is 5.85. The minimum atomic E-state index is -1.14. The Morgan fingerprint density at radius 2 is 1.97 bits per heavy atom. The molecule has 0 aliphatic carbocycles. The van der Waals surface area contributed by atoms with E-state index in [1.165, 1.54) is 57.0 Å². The first-order chi connectivity index (χ1) is 18.4. The number of carbonyl (C=O) groups excluding carboxylic acids is 1. The number of anilines is 1. The molecular weight excluding hydrogens is 494 g/mol. The number of likely N-dealkylation sites (tertiary alicyclic amines) is 1. The Hall–Kier alpha value is -4.03. The number of nitrogens with zero attached hydrogens (tertiary/aromatic N) is 6. The summed E-state index contributed by atoms with van der Waals surface area (Å²) in [6.07, 6.45) is 7.60. The first-order valence-corrected chi connectivity index (χ1v) is 12.6. The summed E-state index contributed by atoms with van der Waals surface area (Å²) in [5.74, 6) is -1.65. The number of ether oxygens (including phenoxy) is 1. The number of quaternary nitrogens is 1. The highest BCUT2D eigenvalue weighted by molar-refractivity contribution is 5.90. The number of carbonyl (C=O) groups is 1. The van der Waals surface area contributed by atoms with Crippen molar-refractivity contribution in [1.29, 1.82) is 0 Å². The van der Waals surface area contributed by atoms with Crippen LogP contribution in [-0.4, -0.2) is 53.6 Å². The fourth-order valence-electron chi connectivity index (χ4n) is 4.76. The molecular formula is C26H29F2N8O2+. The van der Waals surface area contributed by atoms with Gasteiger partial charge in [0.2, 0.25) is 17.3 Å². The number of hydrogen-bond donors (Lipinski definition) is 2. The normalized spacial score (nSPS) is 19.5. The number of halogens is 2. The van der Waals surface area contributed by atoms with Crippen molar-refractivity contribution in [3.63, 3.8) is 0 Å². The second-order valence-corrected chi connectivity index (χ2v) is 9.36. The molecule has 1 saturated heterocycles. The monoisotopic (exact) mass is 523 g/mol. The molecule has 0 saturated carbocycles. The van der Waals surface area contributed by atoms with Gasteiger partial charge in [0.05, 0.1) is 12.1 Å². The summed E-state index contributed by atoms with van der Waals surface area (Å²) in [6.45, 7) is 3.53. The summed E-state index contributed by atoms with van der Waals surface area (Å²) in [6, 6.07) is 9.15. The van der Waals surface area contributed by atoms with Gasteiger partial charge in [-0.25, -0.2) is 14.4 Å². The Bertz CT molecular complexity index is 1390. The predicted octanol–water partition coefficient (Wildman–Crippen LogP) is 4.25. The van der Waals surface area contributed by atoms with E-state index in [-0.39, 0.29) is 11.5 Å². The average molecular weight is 524 g/mol. The smallest absolute Gasteiger partial charge is 0.276 e. The first kappa shape index (κ1) is 25.6. The van der Waals surface area contributed by atoms with Gasteiger partial charge in [0.15, 0.2) is 18.6 Å². The van der Waals surface area contributed by atoms with Crippen LogP contribution in [0.15, 0.2) is 65.1 Å². The number of rotatable bonds is 10. The number of nitrogens with two attached hydrogens (primary N) is 1. The van der Waals surface area contributed by atoms with Crippen LogP contribution in [0.1, 0.15) is 25.7 Å². The molecule has 2 aliphatic heterocycles. The van der Waals surface area contributed by atoms with Crippen LogP contribution in [0.2, 0.25) is 0 Å². The maximum atomic E-state index is 14.6. The van der Waals surface area contributed by atoms with Gasteiger partial charge in [-0.3, -0.25) is 4.79 Å². The maximum Gasteiger partial charge on any atom is 0.276 e. The molecule has 10 nitrogen and oxygen atoms in total. The van der Waals surface area contributed by atoms with Gasteiger partial charge < -0.3 is 20.7 Å². The number of amides is 1. The number of piperidine rings is 1. The van der Waals surface area contributed by atoms with Crippen molar-refractivity contribution < 1.29 is 18.3 Å². The van der Waals surface area contributed by atoms with Gasteiger partial charge in [0.1, 0.15) is 17.9 Å². The first-order valence-electron chi connectivity index (χ1n) is 12.6. The number of benzene rings is 2. The zero-order valence-corrected chi connectivity index (χ0v) is 20.8. The third-order valence-electron chi connectivity index (χ3n) is 6.58. The van der Waals surface area contributed by atoms with Gasteiger partial charge in [-0.15, -0.1) is 4.59 Å². The molecule has 3 aromatic rings. The summed E-state index contributed by atoms with van der Waals surface area (Å²) in [4.78, 5) is 22.9. The van der Waals surface area contributed by atoms with Crippen LogP contribution in [0, 0.1) is 11.6 Å². The molecule has 0 radical (unpaired) electrons. The Balaban J connectivity index is 1.31. The fraction of sp³-hybridized carbons (Fsp3) is 0.346. The highest BCUT2D eigenvalue weighted by atomic mass is 19.2. The van der Waals surface area contributed by atoms with Crippen LogP contribution >= 0.6 is 0 Å². The molecule has 0 bridgehead atoms. The minimum Gasteiger partial charge on any atom is -0.493 e. The molecule has 1 aromatic heterocycles. The van der Waals surface area contributed by atoms with Gasteiger partial charge in [0, 0.05) is 29.3 Å². The van der Waals surface area contributed by atoms with Crippen molar-refractivity contribution >= 4 is 28.3 Å². The minimum absolute atomic E-state index is 0.188. The van der Waals surface area contributed by atoms with E-state index in [9.17, 15) is 13.6 Å². The summed E-state index contributed by atoms with van der Waals surface area (Å²) in [7, 11) is 0. The molecule has 3 heterocycles. The van der Waals surface area contributed by atoms with Gasteiger partial charge in [-0.05, 0) is 50.6 Å². The Morgan fingerprint density at radius 3 is 2.79 bits per heavy atom. The second-order valence-electron chi connectivity index (χ2n) is 9.36. The maximum absolute atomic E-state index is 14.6. The number of nitrogens with one attached hydrogen (secondary N) is 1. The van der Waals surface area contributed by atoms with Crippen LogP contribution < -0.4 is 20.4 Å². The lowest BCUT2D eigenvalue weighted by atomic mass is 10.1. The number of hydrogen-bond acceptors (Lipinski definition) is 8. The van der Waals surface area contributed by atoms with Gasteiger partial charge in [-0.1, -0.05) is 17.6 Å². The van der Waals surface area contributed by atoms with E-state index in [4.69, 9.17) is 10.5 Å². The standard InChI is InChI=1S/C26H28F2N8O2/c27-20-6-4-7-22(25(20)28)36(15-23(29)37)16-24(33-34-36)32-26-19-9-8-18(14-21(19)30-17-31-26)38-13-5-12-35-10-2-1-3-11-35/h4,6-9,14,16-17H,1-3,5,10-13,15H2,(H2-,29,30,31,32,37)/p+1. The zero-order chi connectivity index (χ0) is 26.5. The molecule has 198 valence electrons. The van der Waals surface area contributed by atoms with Crippen molar-refractivity contribution in [3.8, 4) is 5.75 Å². The molecule has 1 unspecified atom stereocenters. The van der Waals surface area contributed by atoms with E-state index in [1.807, 2.05) is 18.2 Å². The lowest BCUT2D eigenvalue weighted by Crippen LogP contribution is -2.44. The van der Waals surface area contributed by atoms with Crippen LogP contribution in [0.25, 0.3) is 10.9 Å². The number of primary amides is 1. The van der Waals surface area contributed by atoms with Crippen LogP contribution in [0.5, 0.6) is 5.75 Å². The van der Waals surface area contributed by atoms with E-state index < -0.39 is 28.7 Å². The third-order valence-corrected chi connectivity index (χ3v) is 6.58. The number of aromatic nitrogens is 2. The highest BCUT2D eigenvalue weighted by Crippen LogP contribution is 2.35. The van der Waals surface area contributed by atoms with Crippen molar-refractivity contribution in [1.82, 2.24) is 19.5 Å². The van der Waals surface area contributed by atoms with Crippen molar-refractivity contribution in [2.45, 2.75) is 25.7 Å². The fourth-order valence-corrected chi connectivity index (χ4v) is 4.76. The van der Waals surface area contributed by atoms with Gasteiger partial charge in [0.25, 0.3) is 5.91 Å². The third kappa shape index (κ3) is 5.60. The SMILES string of the molecule is NC(=O)C[N+]1(c2cccc(F)c2F)C=C(Nc2ncnc3cc(OCCCN4CCCCC4)ccc23)N=N1. The van der Waals surface area contributed by atoms with Crippen LogP contribution in [0.4, 0.5) is 20.3 Å². The predicted molar refractivity (Wildman–Crippen MR) is 139 cm³/mol. The number of fused-ring (bicyclic) bond motifs is 1. The molecule has 3 N–H and O–H groups in total. The lowest BCUT2D eigenvalue weighted by molar-refractivity contribution is -0.118. The van der Waals surface area contributed by atoms with Crippen LogP contribution in [-0.2, 0) is 4.79 Å². The van der Waals surface area contributed by atoms with E-state index in [1.54, 1.807) is 0 Å². The average Bonchev–Trinajstić information content (AvgIpc) is 3.31. The second kappa shape index (κ2) is 11.2. The molecule has 2 aromatic carbocycles. The van der Waals surface area contributed by atoms with E-state index in [0.29, 0.717) is 29.1 Å². The quantitative estimate of drug-likeness (QED) is 0.303. The lowest BCUT2D eigenvalue weighted by Gasteiger charge is -2.26. The van der Waals surface area contributed by atoms with Crippen LogP contribution in [0.3, 0.4) is 0 Å². The largest absolute Gasteiger partial charge is 0.493 e. The molecule has 1 fully saturated rings. The summed E-state index contributed by atoms with van der Waals surface area (Å²) >= 11 is 0. The zero-order valence-electron chi connectivity index (χ0n) is 20.8. The Labute approximate surface area is 218 Å². The van der Waals surface area contributed by atoms with Gasteiger partial charge >= 0.3 is 0 Å². The molecule has 1 atom stereocenters. The molecule has 5 rings (SSSR count). The van der Waals surface area contributed by atoms with Crippen molar-refractivity contribution in [2.24, 2.45) is 16.1 Å². The molecule has 12 heteroatoms. The van der Waals surface area contributed by atoms with Gasteiger partial charge in [-0.2, -0.15) is 4.39 Å². The molecule has 2 aliphatic rings. The molecule has 38 heavy (non-hydrogen) atoms. The van der Waals surface area contributed by atoms with E-state index >= 15 is 0 Å². The highest BCUT2D eigenvalue weighted by Gasteiger charge is 2.40. The summed E-state index contributed by atoms with van der Waals surface area (Å²) < 4.78 is 33.8.